The van der Waals surface area contributed by atoms with Crippen molar-refractivity contribution in [2.24, 2.45) is 0 Å². The van der Waals surface area contributed by atoms with Gasteiger partial charge in [0, 0.05) is 11.8 Å². The average Bonchev–Trinajstić information content (AvgIpc) is 3.24. The molecule has 0 aliphatic heterocycles. The minimum absolute atomic E-state index is 0.305. The van der Waals surface area contributed by atoms with E-state index in [2.05, 4.69) is 20.5 Å². The van der Waals surface area contributed by atoms with E-state index in [0.717, 1.165) is 16.8 Å². The van der Waals surface area contributed by atoms with Crippen molar-refractivity contribution in [2.45, 2.75) is 6.04 Å². The first kappa shape index (κ1) is 17.6. The summed E-state index contributed by atoms with van der Waals surface area (Å²) in [6.07, 6.45) is 1.69. The summed E-state index contributed by atoms with van der Waals surface area (Å²) in [5, 5.41) is 9.92. The van der Waals surface area contributed by atoms with Crippen molar-refractivity contribution in [2.75, 3.05) is 0 Å². The predicted octanol–water partition coefficient (Wildman–Crippen LogP) is 4.13. The first-order valence-electron chi connectivity index (χ1n) is 8.79. The van der Waals surface area contributed by atoms with E-state index < -0.39 is 6.04 Å². The Morgan fingerprint density at radius 3 is 2.43 bits per heavy atom. The van der Waals surface area contributed by atoms with Crippen molar-refractivity contribution in [3.8, 4) is 11.3 Å². The zero-order valence-corrected chi connectivity index (χ0v) is 14.8. The topological polar surface area (TPSA) is 70.7 Å². The Kier molecular flexibility index (Phi) is 4.93. The van der Waals surface area contributed by atoms with Gasteiger partial charge in [0.1, 0.15) is 11.5 Å². The van der Waals surface area contributed by atoms with Gasteiger partial charge in [-0.3, -0.25) is 14.9 Å². The van der Waals surface area contributed by atoms with Crippen molar-refractivity contribution >= 4 is 5.91 Å². The van der Waals surface area contributed by atoms with E-state index in [-0.39, 0.29) is 11.7 Å². The maximum Gasteiger partial charge on any atom is 0.270 e. The smallest absolute Gasteiger partial charge is 0.270 e. The standard InChI is InChI=1S/C22H17FN4O/c23-17-11-9-15(10-12-17)19-14-20(27-26-19)22(28)25-21(16-6-2-1-3-7-16)18-8-4-5-13-24-18/h1-14,21H,(H,25,28)(H,26,27). The first-order chi connectivity index (χ1) is 13.7. The Morgan fingerprint density at radius 2 is 1.71 bits per heavy atom. The van der Waals surface area contributed by atoms with Crippen LogP contribution in [0.25, 0.3) is 11.3 Å². The summed E-state index contributed by atoms with van der Waals surface area (Å²) in [4.78, 5) is 17.2. The van der Waals surface area contributed by atoms with E-state index >= 15 is 0 Å². The molecule has 0 spiro atoms. The lowest BCUT2D eigenvalue weighted by atomic mass is 10.0. The molecule has 0 bridgehead atoms. The summed E-state index contributed by atoms with van der Waals surface area (Å²) in [5.41, 5.74) is 3.27. The zero-order chi connectivity index (χ0) is 19.3. The highest BCUT2D eigenvalue weighted by Crippen LogP contribution is 2.22. The van der Waals surface area contributed by atoms with Crippen molar-refractivity contribution in [3.05, 3.63) is 108 Å². The van der Waals surface area contributed by atoms with Crippen LogP contribution in [0.15, 0.2) is 85.1 Å². The predicted molar refractivity (Wildman–Crippen MR) is 104 cm³/mol. The van der Waals surface area contributed by atoms with Crippen LogP contribution in [-0.4, -0.2) is 21.1 Å². The number of amides is 1. The number of benzene rings is 2. The Hall–Kier alpha value is -3.80. The first-order valence-corrected chi connectivity index (χ1v) is 8.79. The molecule has 1 amide bonds. The number of rotatable bonds is 5. The average molecular weight is 372 g/mol. The molecular formula is C22H17FN4O. The Bertz CT molecular complexity index is 1020. The molecule has 28 heavy (non-hydrogen) atoms. The summed E-state index contributed by atoms with van der Waals surface area (Å²) < 4.78 is 13.1. The quantitative estimate of drug-likeness (QED) is 0.553. The lowest BCUT2D eigenvalue weighted by Crippen LogP contribution is -2.30. The third-order valence-electron chi connectivity index (χ3n) is 4.35. The number of pyridine rings is 1. The van der Waals surface area contributed by atoms with Gasteiger partial charge in [0.2, 0.25) is 0 Å². The fourth-order valence-corrected chi connectivity index (χ4v) is 2.94. The van der Waals surface area contributed by atoms with E-state index in [1.54, 1.807) is 24.4 Å². The molecule has 1 atom stereocenters. The van der Waals surface area contributed by atoms with E-state index in [1.807, 2.05) is 48.5 Å². The molecule has 0 saturated heterocycles. The number of nitrogens with zero attached hydrogens (tertiary/aromatic N) is 2. The van der Waals surface area contributed by atoms with Gasteiger partial charge < -0.3 is 5.32 Å². The van der Waals surface area contributed by atoms with Crippen LogP contribution in [0.5, 0.6) is 0 Å². The van der Waals surface area contributed by atoms with Gasteiger partial charge in [0.05, 0.1) is 17.4 Å². The highest BCUT2D eigenvalue weighted by molar-refractivity contribution is 5.93. The van der Waals surface area contributed by atoms with Crippen molar-refractivity contribution in [3.63, 3.8) is 0 Å². The van der Waals surface area contributed by atoms with Crippen LogP contribution in [0.2, 0.25) is 0 Å². The lowest BCUT2D eigenvalue weighted by molar-refractivity contribution is 0.0937. The molecule has 1 unspecified atom stereocenters. The molecule has 0 aliphatic rings. The van der Waals surface area contributed by atoms with Crippen LogP contribution in [0.4, 0.5) is 4.39 Å². The number of aromatic nitrogens is 3. The molecule has 4 rings (SSSR count). The van der Waals surface area contributed by atoms with Gasteiger partial charge in [-0.1, -0.05) is 36.4 Å². The second kappa shape index (κ2) is 7.84. The molecule has 138 valence electrons. The number of H-pyrrole nitrogens is 1. The van der Waals surface area contributed by atoms with Gasteiger partial charge in [0.25, 0.3) is 5.91 Å². The molecule has 4 aromatic rings. The number of carbonyl (C=O) groups is 1. The number of aromatic amines is 1. The van der Waals surface area contributed by atoms with E-state index in [4.69, 9.17) is 0 Å². The normalized spacial score (nSPS) is 11.8. The fraction of sp³-hybridized carbons (Fsp3) is 0.0455. The van der Waals surface area contributed by atoms with Gasteiger partial charge >= 0.3 is 0 Å². The highest BCUT2D eigenvalue weighted by atomic mass is 19.1. The van der Waals surface area contributed by atoms with Gasteiger partial charge in [-0.15, -0.1) is 0 Å². The van der Waals surface area contributed by atoms with E-state index in [0.29, 0.717) is 11.4 Å². The lowest BCUT2D eigenvalue weighted by Gasteiger charge is -2.18. The van der Waals surface area contributed by atoms with Crippen LogP contribution in [-0.2, 0) is 0 Å². The second-order valence-corrected chi connectivity index (χ2v) is 6.25. The number of carbonyl (C=O) groups excluding carboxylic acids is 1. The monoisotopic (exact) mass is 372 g/mol. The molecule has 0 aliphatic carbocycles. The second-order valence-electron chi connectivity index (χ2n) is 6.25. The van der Waals surface area contributed by atoms with Gasteiger partial charge in [-0.25, -0.2) is 4.39 Å². The molecule has 2 aromatic carbocycles. The zero-order valence-electron chi connectivity index (χ0n) is 14.8. The van der Waals surface area contributed by atoms with E-state index in [9.17, 15) is 9.18 Å². The summed E-state index contributed by atoms with van der Waals surface area (Å²) in [7, 11) is 0. The number of hydrogen-bond donors (Lipinski definition) is 2. The minimum atomic E-state index is -0.396. The summed E-state index contributed by atoms with van der Waals surface area (Å²) in [5.74, 6) is -0.626. The van der Waals surface area contributed by atoms with Crippen LogP contribution < -0.4 is 5.32 Å². The summed E-state index contributed by atoms with van der Waals surface area (Å²) >= 11 is 0. The molecule has 5 nitrogen and oxygen atoms in total. The van der Waals surface area contributed by atoms with E-state index in [1.165, 1.54) is 12.1 Å². The van der Waals surface area contributed by atoms with Crippen LogP contribution >= 0.6 is 0 Å². The molecule has 0 fully saturated rings. The minimum Gasteiger partial charge on any atom is -0.338 e. The number of hydrogen-bond acceptors (Lipinski definition) is 3. The third-order valence-corrected chi connectivity index (χ3v) is 4.35. The Balaban J connectivity index is 1.59. The SMILES string of the molecule is O=C(NC(c1ccccc1)c1ccccn1)c1cc(-c2ccc(F)cc2)n[nH]1. The number of nitrogens with one attached hydrogen (secondary N) is 2. The van der Waals surface area contributed by atoms with Crippen molar-refractivity contribution < 1.29 is 9.18 Å². The van der Waals surface area contributed by atoms with Crippen molar-refractivity contribution in [1.29, 1.82) is 0 Å². The Morgan fingerprint density at radius 1 is 0.964 bits per heavy atom. The van der Waals surface area contributed by atoms with Gasteiger partial charge in [-0.05, 0) is 48.0 Å². The van der Waals surface area contributed by atoms with Gasteiger partial charge in [0.15, 0.2) is 0 Å². The highest BCUT2D eigenvalue weighted by Gasteiger charge is 2.20. The van der Waals surface area contributed by atoms with Crippen LogP contribution in [0, 0.1) is 5.82 Å². The Labute approximate surface area is 161 Å². The third kappa shape index (κ3) is 3.81. The van der Waals surface area contributed by atoms with Crippen molar-refractivity contribution in [1.82, 2.24) is 20.5 Å². The van der Waals surface area contributed by atoms with Crippen LogP contribution in [0.3, 0.4) is 0 Å². The summed E-state index contributed by atoms with van der Waals surface area (Å²) in [6.45, 7) is 0. The molecule has 6 heteroatoms. The van der Waals surface area contributed by atoms with Gasteiger partial charge in [-0.2, -0.15) is 5.10 Å². The largest absolute Gasteiger partial charge is 0.338 e. The molecule has 2 N–H and O–H groups in total. The number of halogens is 1. The van der Waals surface area contributed by atoms with Crippen LogP contribution in [0.1, 0.15) is 27.8 Å². The fourth-order valence-electron chi connectivity index (χ4n) is 2.94. The molecule has 0 radical (unpaired) electrons. The molecular weight excluding hydrogens is 355 g/mol. The molecule has 2 aromatic heterocycles. The maximum atomic E-state index is 13.1. The summed E-state index contributed by atoms with van der Waals surface area (Å²) in [6, 6.07) is 22.4. The molecule has 2 heterocycles. The molecule has 0 saturated carbocycles. The maximum absolute atomic E-state index is 13.1.